The molecular weight excluding hydrogens is 426 g/mol. The number of unbranched alkanes of at least 4 members (excludes halogenated alkanes) is 4. The molecule has 0 bridgehead atoms. The molecule has 1 fully saturated rings. The Morgan fingerprint density at radius 3 is 2.35 bits per heavy atom. The van der Waals surface area contributed by atoms with Crippen LogP contribution in [0.1, 0.15) is 101 Å². The number of hydrogen-bond acceptors (Lipinski definition) is 4. The van der Waals surface area contributed by atoms with Gasteiger partial charge in [0, 0.05) is 18.5 Å². The number of hydrazine groups is 1. The second-order valence-corrected chi connectivity index (χ2v) is 10.2. The summed E-state index contributed by atoms with van der Waals surface area (Å²) in [6, 6.07) is 7.82. The summed E-state index contributed by atoms with van der Waals surface area (Å²) in [5.41, 5.74) is 3.90. The Balaban J connectivity index is 1.81. The topological polar surface area (TPSA) is 61.9 Å². The molecule has 0 spiro atoms. The highest BCUT2D eigenvalue weighted by atomic mass is 16.6. The summed E-state index contributed by atoms with van der Waals surface area (Å²) in [5, 5.41) is 1.26. The summed E-state index contributed by atoms with van der Waals surface area (Å²) >= 11 is 0. The van der Waals surface area contributed by atoms with E-state index in [-0.39, 0.29) is 5.91 Å². The van der Waals surface area contributed by atoms with Gasteiger partial charge in [0.15, 0.2) is 0 Å². The smallest absolute Gasteiger partial charge is 0.429 e. The fraction of sp³-hybridized carbons (Fsp3) is 0.643. The molecule has 1 aliphatic heterocycles. The summed E-state index contributed by atoms with van der Waals surface area (Å²) in [5.74, 6) is 2.94. The number of piperidine rings is 1. The fourth-order valence-corrected chi connectivity index (χ4v) is 4.23. The third-order valence-corrected chi connectivity index (χ3v) is 6.07. The van der Waals surface area contributed by atoms with Crippen molar-refractivity contribution in [3.8, 4) is 12.3 Å². The molecule has 2 amide bonds. The van der Waals surface area contributed by atoms with E-state index in [1.165, 1.54) is 36.4 Å². The van der Waals surface area contributed by atoms with E-state index < -0.39 is 11.7 Å². The Labute approximate surface area is 206 Å². The van der Waals surface area contributed by atoms with E-state index in [4.69, 9.17) is 11.2 Å². The molecule has 34 heavy (non-hydrogen) atoms. The molecule has 1 aromatic carbocycles. The van der Waals surface area contributed by atoms with Gasteiger partial charge in [0.05, 0.1) is 0 Å². The molecule has 0 aromatic heterocycles. The van der Waals surface area contributed by atoms with Crippen LogP contribution in [0.15, 0.2) is 24.3 Å². The van der Waals surface area contributed by atoms with Crippen molar-refractivity contribution in [2.24, 2.45) is 0 Å². The van der Waals surface area contributed by atoms with E-state index >= 15 is 0 Å². The minimum absolute atomic E-state index is 0.303. The zero-order valence-corrected chi connectivity index (χ0v) is 21.6. The van der Waals surface area contributed by atoms with Crippen molar-refractivity contribution in [3.63, 3.8) is 0 Å². The lowest BCUT2D eigenvalue weighted by Crippen LogP contribution is -2.48. The average Bonchev–Trinajstić information content (AvgIpc) is 2.80. The Bertz CT molecular complexity index is 800. The lowest BCUT2D eigenvalue weighted by atomic mass is 9.89. The van der Waals surface area contributed by atoms with E-state index in [9.17, 15) is 9.59 Å². The number of nitrogens with zero attached hydrogens (tertiary/aromatic N) is 2. The van der Waals surface area contributed by atoms with Gasteiger partial charge in [0.2, 0.25) is 0 Å². The molecule has 1 aliphatic rings. The van der Waals surface area contributed by atoms with Crippen molar-refractivity contribution in [2.75, 3.05) is 26.2 Å². The van der Waals surface area contributed by atoms with E-state index in [0.29, 0.717) is 24.4 Å². The van der Waals surface area contributed by atoms with Crippen LogP contribution in [0.5, 0.6) is 0 Å². The summed E-state index contributed by atoms with van der Waals surface area (Å²) in [6.07, 6.45) is 13.5. The zero-order chi connectivity index (χ0) is 25.0. The van der Waals surface area contributed by atoms with E-state index in [1.54, 1.807) is 0 Å². The second kappa shape index (κ2) is 14.0. The van der Waals surface area contributed by atoms with Gasteiger partial charge in [0.25, 0.3) is 5.91 Å². The highest BCUT2D eigenvalue weighted by Crippen LogP contribution is 2.28. The maximum absolute atomic E-state index is 12.7. The van der Waals surface area contributed by atoms with Crippen LogP contribution in [0.2, 0.25) is 0 Å². The maximum Gasteiger partial charge on any atom is 0.429 e. The molecule has 0 radical (unpaired) electrons. The number of rotatable bonds is 10. The first-order chi connectivity index (χ1) is 16.2. The van der Waals surface area contributed by atoms with E-state index in [2.05, 4.69) is 28.4 Å². The Morgan fingerprint density at radius 1 is 1.12 bits per heavy atom. The molecule has 1 aromatic rings. The monoisotopic (exact) mass is 469 g/mol. The summed E-state index contributed by atoms with van der Waals surface area (Å²) in [7, 11) is 0. The normalized spacial score (nSPS) is 14.9. The molecule has 188 valence electrons. The van der Waals surface area contributed by atoms with Crippen LogP contribution in [-0.4, -0.2) is 53.7 Å². The van der Waals surface area contributed by atoms with Crippen LogP contribution in [0.4, 0.5) is 4.79 Å². The Hall–Kier alpha value is -2.52. The zero-order valence-electron chi connectivity index (χ0n) is 21.6. The molecule has 2 rings (SSSR count). The predicted molar refractivity (Wildman–Crippen MR) is 137 cm³/mol. The number of benzene rings is 1. The molecular formula is C28H43N3O3. The van der Waals surface area contributed by atoms with Crippen molar-refractivity contribution in [3.05, 3.63) is 35.4 Å². The molecule has 1 N–H and O–H groups in total. The van der Waals surface area contributed by atoms with Crippen molar-refractivity contribution in [1.29, 1.82) is 0 Å². The summed E-state index contributed by atoms with van der Waals surface area (Å²) < 4.78 is 5.40. The minimum atomic E-state index is -0.618. The first-order valence-corrected chi connectivity index (χ1v) is 12.8. The number of carbonyl (C=O) groups excluding carboxylic acids is 2. The minimum Gasteiger partial charge on any atom is -0.442 e. The third-order valence-electron chi connectivity index (χ3n) is 6.07. The average molecular weight is 470 g/mol. The Morgan fingerprint density at radius 2 is 1.76 bits per heavy atom. The number of terminal acetylenes is 1. The molecule has 0 atom stereocenters. The molecule has 0 saturated carbocycles. The van der Waals surface area contributed by atoms with Gasteiger partial charge in [-0.05, 0) is 96.1 Å². The van der Waals surface area contributed by atoms with Gasteiger partial charge in [0.1, 0.15) is 5.60 Å². The number of carbonyl (C=O) groups is 2. The van der Waals surface area contributed by atoms with Gasteiger partial charge >= 0.3 is 6.09 Å². The first-order valence-electron chi connectivity index (χ1n) is 12.8. The maximum atomic E-state index is 12.7. The fourth-order valence-electron chi connectivity index (χ4n) is 4.23. The van der Waals surface area contributed by atoms with Crippen LogP contribution in [-0.2, 0) is 4.74 Å². The first kappa shape index (κ1) is 27.7. The van der Waals surface area contributed by atoms with E-state index in [0.717, 1.165) is 38.8 Å². The SMILES string of the molecule is C#CCCCCCCN1CCC(c2ccc(C(=O)NN(CCC)C(=O)OC(C)(C)C)cc2)CC1. The van der Waals surface area contributed by atoms with Crippen LogP contribution in [0.25, 0.3) is 0 Å². The predicted octanol–water partition coefficient (Wildman–Crippen LogP) is 5.74. The molecule has 0 aliphatic carbocycles. The van der Waals surface area contributed by atoms with Crippen LogP contribution >= 0.6 is 0 Å². The van der Waals surface area contributed by atoms with Crippen molar-refractivity contribution in [1.82, 2.24) is 15.3 Å². The van der Waals surface area contributed by atoms with Crippen molar-refractivity contribution >= 4 is 12.0 Å². The van der Waals surface area contributed by atoms with Gasteiger partial charge in [-0.2, -0.15) is 0 Å². The standard InChI is InChI=1S/C28H43N3O3/c1-6-8-9-10-11-12-20-30-21-17-24(18-22-30)23-13-15-25(16-14-23)26(32)29-31(19-7-2)27(33)34-28(3,4)5/h1,13-16,24H,7-12,17-22H2,2-5H3,(H,29,32). The van der Waals surface area contributed by atoms with Crippen molar-refractivity contribution in [2.45, 2.75) is 90.6 Å². The number of nitrogens with one attached hydrogen (secondary N) is 1. The van der Waals surface area contributed by atoms with Gasteiger partial charge in [-0.25, -0.2) is 9.80 Å². The molecule has 6 heteroatoms. The molecule has 0 unspecified atom stereocenters. The lowest BCUT2D eigenvalue weighted by Gasteiger charge is -2.32. The number of ether oxygens (including phenoxy) is 1. The highest BCUT2D eigenvalue weighted by Gasteiger charge is 2.24. The summed E-state index contributed by atoms with van der Waals surface area (Å²) in [4.78, 5) is 27.7. The van der Waals surface area contributed by atoms with Crippen LogP contribution in [0.3, 0.4) is 0 Å². The van der Waals surface area contributed by atoms with Gasteiger partial charge in [-0.1, -0.05) is 31.9 Å². The lowest BCUT2D eigenvalue weighted by molar-refractivity contribution is 0.0133. The quantitative estimate of drug-likeness (QED) is 0.270. The second-order valence-electron chi connectivity index (χ2n) is 10.2. The highest BCUT2D eigenvalue weighted by molar-refractivity contribution is 5.95. The van der Waals surface area contributed by atoms with Crippen LogP contribution in [0, 0.1) is 12.3 Å². The van der Waals surface area contributed by atoms with Crippen LogP contribution < -0.4 is 5.43 Å². The molecule has 1 heterocycles. The van der Waals surface area contributed by atoms with Crippen molar-refractivity contribution < 1.29 is 14.3 Å². The van der Waals surface area contributed by atoms with Gasteiger partial charge in [-0.3, -0.25) is 10.2 Å². The largest absolute Gasteiger partial charge is 0.442 e. The summed E-state index contributed by atoms with van der Waals surface area (Å²) in [6.45, 7) is 11.2. The number of hydrogen-bond donors (Lipinski definition) is 1. The van der Waals surface area contributed by atoms with Gasteiger partial charge < -0.3 is 9.64 Å². The van der Waals surface area contributed by atoms with E-state index in [1.807, 2.05) is 39.8 Å². The van der Waals surface area contributed by atoms with Gasteiger partial charge in [-0.15, -0.1) is 12.3 Å². The molecule has 1 saturated heterocycles. The Kier molecular flexibility index (Phi) is 11.4. The number of likely N-dealkylation sites (tertiary alicyclic amines) is 1. The number of amides is 2. The molecule has 6 nitrogen and oxygen atoms in total. The third kappa shape index (κ3) is 9.77.